The van der Waals surface area contributed by atoms with Crippen molar-refractivity contribution in [2.24, 2.45) is 11.8 Å². The van der Waals surface area contributed by atoms with Crippen LogP contribution in [0.2, 0.25) is 0 Å². The van der Waals surface area contributed by atoms with Crippen molar-refractivity contribution in [1.29, 1.82) is 5.41 Å². The van der Waals surface area contributed by atoms with Crippen molar-refractivity contribution in [1.82, 2.24) is 20.4 Å². The topological polar surface area (TPSA) is 115 Å². The van der Waals surface area contributed by atoms with Crippen LogP contribution in [0.25, 0.3) is 0 Å². The number of benzene rings is 1. The zero-order chi connectivity index (χ0) is 25.2. The molecule has 1 aliphatic carbocycles. The molecule has 0 radical (unpaired) electrons. The van der Waals surface area contributed by atoms with Crippen LogP contribution in [0.3, 0.4) is 0 Å². The number of rotatable bonds is 6. The standard InChI is InChI=1S/C26H29N5O4/c1-4-30(5-2)22(27)18-8-6-17(7-9-18)12-13-26(24(33)28-25(34)29-26)16-31-15-19-10-11-20(35-3)14-21(19)23(31)32/h6-11,14,19,21,27H,4-5,15-16H2,1-3H3,(H2,28,29,33,34). The van der Waals surface area contributed by atoms with E-state index in [-0.39, 0.29) is 24.3 Å². The van der Waals surface area contributed by atoms with Gasteiger partial charge >= 0.3 is 6.03 Å². The first kappa shape index (κ1) is 24.1. The highest BCUT2D eigenvalue weighted by Gasteiger charge is 2.50. The molecule has 35 heavy (non-hydrogen) atoms. The molecule has 0 spiro atoms. The molecule has 2 aliphatic heterocycles. The van der Waals surface area contributed by atoms with Crippen LogP contribution in [0.5, 0.6) is 0 Å². The Kier molecular flexibility index (Phi) is 6.65. The minimum atomic E-state index is -1.55. The number of imide groups is 1. The van der Waals surface area contributed by atoms with Gasteiger partial charge in [0.2, 0.25) is 11.4 Å². The van der Waals surface area contributed by atoms with Gasteiger partial charge in [0.1, 0.15) is 11.6 Å². The Labute approximate surface area is 204 Å². The number of hydrogen-bond donors (Lipinski definition) is 3. The summed E-state index contributed by atoms with van der Waals surface area (Å²) >= 11 is 0. The molecule has 1 aromatic rings. The Balaban J connectivity index is 1.56. The normalized spacial score (nSPS) is 24.7. The summed E-state index contributed by atoms with van der Waals surface area (Å²) in [7, 11) is 1.55. The van der Waals surface area contributed by atoms with E-state index in [2.05, 4.69) is 22.5 Å². The van der Waals surface area contributed by atoms with Gasteiger partial charge in [-0.15, -0.1) is 0 Å². The Morgan fingerprint density at radius 2 is 1.94 bits per heavy atom. The molecule has 3 aliphatic rings. The van der Waals surface area contributed by atoms with E-state index in [9.17, 15) is 14.4 Å². The van der Waals surface area contributed by atoms with Crippen molar-refractivity contribution in [3.8, 4) is 11.8 Å². The minimum absolute atomic E-state index is 0.0276. The molecule has 9 nitrogen and oxygen atoms in total. The second-order valence-corrected chi connectivity index (χ2v) is 8.70. The quantitative estimate of drug-likeness (QED) is 0.249. The van der Waals surface area contributed by atoms with E-state index in [4.69, 9.17) is 10.1 Å². The van der Waals surface area contributed by atoms with Gasteiger partial charge in [-0.1, -0.05) is 30.0 Å². The fourth-order valence-electron chi connectivity index (χ4n) is 4.59. The van der Waals surface area contributed by atoms with Gasteiger partial charge in [-0.3, -0.25) is 20.3 Å². The summed E-state index contributed by atoms with van der Waals surface area (Å²) < 4.78 is 5.25. The molecular formula is C26H29N5O4. The van der Waals surface area contributed by atoms with E-state index >= 15 is 0 Å². The Morgan fingerprint density at radius 3 is 2.54 bits per heavy atom. The lowest BCUT2D eigenvalue weighted by Gasteiger charge is -2.26. The van der Waals surface area contributed by atoms with Crippen LogP contribution in [-0.4, -0.2) is 72.3 Å². The fraction of sp³-hybridized carbons (Fsp3) is 0.385. The van der Waals surface area contributed by atoms with E-state index < -0.39 is 17.5 Å². The zero-order valence-electron chi connectivity index (χ0n) is 20.1. The lowest BCUT2D eigenvalue weighted by atomic mass is 9.91. The highest BCUT2D eigenvalue weighted by atomic mass is 16.5. The average Bonchev–Trinajstić information content (AvgIpc) is 3.32. The summed E-state index contributed by atoms with van der Waals surface area (Å²) in [6.45, 7) is 5.84. The number of methoxy groups -OCH3 is 1. The maximum atomic E-state index is 13.1. The van der Waals surface area contributed by atoms with Crippen LogP contribution in [0.4, 0.5) is 4.79 Å². The van der Waals surface area contributed by atoms with E-state index in [1.54, 1.807) is 30.2 Å². The number of nitrogens with one attached hydrogen (secondary N) is 3. The zero-order valence-corrected chi connectivity index (χ0v) is 20.1. The molecule has 9 heteroatoms. The first-order chi connectivity index (χ1) is 16.8. The third-order valence-corrected chi connectivity index (χ3v) is 6.60. The number of amides is 4. The number of amidine groups is 1. The number of nitrogens with zero attached hydrogens (tertiary/aromatic N) is 2. The molecule has 2 saturated heterocycles. The van der Waals surface area contributed by atoms with Gasteiger partial charge in [-0.05, 0) is 38.1 Å². The van der Waals surface area contributed by atoms with Crippen molar-refractivity contribution in [2.45, 2.75) is 19.4 Å². The highest BCUT2D eigenvalue weighted by molar-refractivity contribution is 6.09. The number of allylic oxidation sites excluding steroid dienone is 1. The minimum Gasteiger partial charge on any atom is -0.497 e. The molecule has 1 aromatic carbocycles. The van der Waals surface area contributed by atoms with Crippen molar-refractivity contribution >= 4 is 23.7 Å². The van der Waals surface area contributed by atoms with Crippen LogP contribution in [0.1, 0.15) is 25.0 Å². The summed E-state index contributed by atoms with van der Waals surface area (Å²) in [4.78, 5) is 41.4. The molecule has 182 valence electrons. The third kappa shape index (κ3) is 4.64. The third-order valence-electron chi connectivity index (χ3n) is 6.60. The summed E-state index contributed by atoms with van der Waals surface area (Å²) in [6, 6.07) is 6.54. The van der Waals surface area contributed by atoms with E-state index in [0.29, 0.717) is 23.7 Å². The van der Waals surface area contributed by atoms with Gasteiger partial charge in [0, 0.05) is 36.7 Å². The molecule has 4 amide bonds. The van der Waals surface area contributed by atoms with E-state index in [1.807, 2.05) is 43.0 Å². The number of ether oxygens (including phenoxy) is 1. The fourth-order valence-corrected chi connectivity index (χ4v) is 4.59. The molecule has 0 aromatic heterocycles. The van der Waals surface area contributed by atoms with Crippen LogP contribution in [0.15, 0.2) is 48.3 Å². The second kappa shape index (κ2) is 9.66. The van der Waals surface area contributed by atoms with Crippen LogP contribution < -0.4 is 10.6 Å². The molecule has 2 fully saturated rings. The van der Waals surface area contributed by atoms with Crippen molar-refractivity contribution < 1.29 is 19.1 Å². The molecule has 0 bridgehead atoms. The molecule has 0 saturated carbocycles. The monoisotopic (exact) mass is 475 g/mol. The van der Waals surface area contributed by atoms with Gasteiger partial charge in [0.05, 0.1) is 19.6 Å². The van der Waals surface area contributed by atoms with Crippen molar-refractivity contribution in [2.75, 3.05) is 33.3 Å². The molecule has 3 atom stereocenters. The first-order valence-corrected chi connectivity index (χ1v) is 11.6. The second-order valence-electron chi connectivity index (χ2n) is 8.70. The van der Waals surface area contributed by atoms with E-state index in [1.165, 1.54) is 0 Å². The molecule has 3 N–H and O–H groups in total. The van der Waals surface area contributed by atoms with Crippen LogP contribution in [-0.2, 0) is 14.3 Å². The lowest BCUT2D eigenvalue weighted by Crippen LogP contribution is -2.55. The molecular weight excluding hydrogens is 446 g/mol. The number of likely N-dealkylation sites (tertiary alicyclic amines) is 1. The van der Waals surface area contributed by atoms with Gasteiger partial charge in [0.15, 0.2) is 0 Å². The van der Waals surface area contributed by atoms with Crippen LogP contribution in [0, 0.1) is 29.1 Å². The lowest BCUT2D eigenvalue weighted by molar-refractivity contribution is -0.131. The van der Waals surface area contributed by atoms with E-state index in [0.717, 1.165) is 18.7 Å². The number of fused-ring (bicyclic) bond motifs is 1. The smallest absolute Gasteiger partial charge is 0.323 e. The predicted molar refractivity (Wildman–Crippen MR) is 130 cm³/mol. The predicted octanol–water partition coefficient (Wildman–Crippen LogP) is 1.46. The molecule has 2 heterocycles. The number of hydrogen-bond acceptors (Lipinski definition) is 5. The van der Waals surface area contributed by atoms with Crippen molar-refractivity contribution in [3.05, 3.63) is 59.4 Å². The number of urea groups is 1. The number of carbonyl (C=O) groups is 3. The van der Waals surface area contributed by atoms with Crippen molar-refractivity contribution in [3.63, 3.8) is 0 Å². The Morgan fingerprint density at radius 1 is 1.23 bits per heavy atom. The van der Waals surface area contributed by atoms with Gasteiger partial charge in [0.25, 0.3) is 5.91 Å². The van der Waals surface area contributed by atoms with Gasteiger partial charge < -0.3 is 19.9 Å². The van der Waals surface area contributed by atoms with Crippen LogP contribution >= 0.6 is 0 Å². The average molecular weight is 476 g/mol. The summed E-state index contributed by atoms with van der Waals surface area (Å²) in [6.07, 6.45) is 5.56. The summed E-state index contributed by atoms with van der Waals surface area (Å²) in [5.74, 6) is 5.85. The first-order valence-electron chi connectivity index (χ1n) is 11.6. The maximum Gasteiger partial charge on any atom is 0.323 e. The number of carbonyl (C=O) groups excluding carboxylic acids is 3. The highest BCUT2D eigenvalue weighted by Crippen LogP contribution is 2.33. The van der Waals surface area contributed by atoms with Gasteiger partial charge in [-0.2, -0.15) is 0 Å². The maximum absolute atomic E-state index is 13.1. The van der Waals surface area contributed by atoms with Gasteiger partial charge in [-0.25, -0.2) is 4.79 Å². The Bertz CT molecular complexity index is 1170. The summed E-state index contributed by atoms with van der Waals surface area (Å²) in [5.41, 5.74) is -0.154. The Hall–Kier alpha value is -4.06. The largest absolute Gasteiger partial charge is 0.497 e. The molecule has 3 unspecified atom stereocenters. The molecule has 4 rings (SSSR count). The SMILES string of the molecule is CCN(CC)C(=N)c1ccc(C#CC2(CN3CC4C=CC(OC)=CC4C3=O)NC(=O)NC2=O)cc1. The summed E-state index contributed by atoms with van der Waals surface area (Å²) in [5, 5.41) is 13.2.